The second kappa shape index (κ2) is 12.3. The van der Waals surface area contributed by atoms with E-state index in [4.69, 9.17) is 39.1 Å². The third-order valence-electron chi connectivity index (χ3n) is 7.17. The van der Waals surface area contributed by atoms with E-state index in [2.05, 4.69) is 10.3 Å². The van der Waals surface area contributed by atoms with Gasteiger partial charge in [0.15, 0.2) is 0 Å². The summed E-state index contributed by atoms with van der Waals surface area (Å²) < 4.78 is 34.9. The van der Waals surface area contributed by atoms with Gasteiger partial charge in [-0.3, -0.25) is 10.2 Å². The highest BCUT2D eigenvalue weighted by atomic mass is 35.5. The van der Waals surface area contributed by atoms with Crippen LogP contribution in [0.1, 0.15) is 35.2 Å². The fourth-order valence-electron chi connectivity index (χ4n) is 4.92. The summed E-state index contributed by atoms with van der Waals surface area (Å²) in [4.78, 5) is 17.6. The van der Waals surface area contributed by atoms with Gasteiger partial charge in [-0.2, -0.15) is 4.31 Å². The first-order valence-electron chi connectivity index (χ1n) is 13.2. The van der Waals surface area contributed by atoms with Crippen LogP contribution in [0.5, 0.6) is 5.75 Å². The first-order chi connectivity index (χ1) is 20.1. The molecule has 3 aromatic carbocycles. The van der Waals surface area contributed by atoms with Crippen molar-refractivity contribution >= 4 is 55.9 Å². The molecule has 0 aliphatic carbocycles. The average Bonchev–Trinajstić information content (AvgIpc) is 3.47. The number of rotatable bonds is 9. The van der Waals surface area contributed by atoms with Crippen molar-refractivity contribution in [1.29, 1.82) is 5.41 Å². The summed E-state index contributed by atoms with van der Waals surface area (Å²) >= 11 is 13.1. The minimum absolute atomic E-state index is 0.0476. The molecule has 42 heavy (non-hydrogen) atoms. The summed E-state index contributed by atoms with van der Waals surface area (Å²) in [5, 5.41) is 11.4. The summed E-state index contributed by atoms with van der Waals surface area (Å²) in [6.45, 7) is 2.19. The molecule has 1 atom stereocenters. The Hall–Kier alpha value is -3.70. The molecule has 1 aliphatic rings. The van der Waals surface area contributed by atoms with E-state index in [1.807, 2.05) is 31.2 Å². The molecule has 1 amide bonds. The molecular weight excluding hydrogens is 597 g/mol. The van der Waals surface area contributed by atoms with Gasteiger partial charge < -0.3 is 15.8 Å². The molecular formula is C30H29Cl2N5O4S. The normalized spacial score (nSPS) is 15.5. The quantitative estimate of drug-likeness (QED) is 0.173. The van der Waals surface area contributed by atoms with Gasteiger partial charge in [0.25, 0.3) is 0 Å². The number of nitrogens with one attached hydrogen (secondary N) is 2. The lowest BCUT2D eigenvalue weighted by Crippen LogP contribution is -2.45. The van der Waals surface area contributed by atoms with Gasteiger partial charge in [0, 0.05) is 40.3 Å². The Labute approximate surface area is 254 Å². The van der Waals surface area contributed by atoms with Gasteiger partial charge in [0.05, 0.1) is 5.02 Å². The van der Waals surface area contributed by atoms with Crippen LogP contribution in [-0.4, -0.2) is 42.0 Å². The summed E-state index contributed by atoms with van der Waals surface area (Å²) in [6, 6.07) is 18.3. The first kappa shape index (κ1) is 29.8. The van der Waals surface area contributed by atoms with Crippen LogP contribution in [0.25, 0.3) is 10.9 Å². The topological polar surface area (TPSA) is 138 Å². The van der Waals surface area contributed by atoms with Crippen LogP contribution in [0.3, 0.4) is 0 Å². The SMILES string of the molecule is Cc1ccc2cccc(OCc3c(Cl)ccc(S(=O)(=O)N4CCC[C@H]4C(=O)NCc4ccc(C(=N)N)cc4)c3Cl)c2n1. The predicted octanol–water partition coefficient (Wildman–Crippen LogP) is 5.18. The molecule has 1 fully saturated rings. The number of aryl methyl sites for hydroxylation is 1. The Kier molecular flexibility index (Phi) is 8.70. The molecule has 0 saturated carbocycles. The highest BCUT2D eigenvalue weighted by molar-refractivity contribution is 7.89. The molecule has 5 rings (SSSR count). The minimum atomic E-state index is -4.15. The summed E-state index contributed by atoms with van der Waals surface area (Å²) in [5.41, 5.74) is 8.69. The van der Waals surface area contributed by atoms with Crippen molar-refractivity contribution in [2.45, 2.75) is 43.9 Å². The number of amidine groups is 1. The molecule has 0 radical (unpaired) electrons. The number of para-hydroxylation sites is 1. The van der Waals surface area contributed by atoms with E-state index in [9.17, 15) is 13.2 Å². The van der Waals surface area contributed by atoms with E-state index in [-0.39, 0.29) is 40.5 Å². The molecule has 218 valence electrons. The summed E-state index contributed by atoms with van der Waals surface area (Å²) in [7, 11) is -4.15. The minimum Gasteiger partial charge on any atom is -0.487 e. The molecule has 0 unspecified atom stereocenters. The number of sulfonamides is 1. The van der Waals surface area contributed by atoms with Crippen LogP contribution >= 0.6 is 23.2 Å². The average molecular weight is 627 g/mol. The van der Waals surface area contributed by atoms with Gasteiger partial charge in [-0.15, -0.1) is 0 Å². The number of nitrogens with two attached hydrogens (primary N) is 1. The molecule has 4 aromatic rings. The summed E-state index contributed by atoms with van der Waals surface area (Å²) in [6.07, 6.45) is 0.905. The molecule has 1 aliphatic heterocycles. The maximum atomic E-state index is 13.8. The molecule has 0 spiro atoms. The zero-order valence-electron chi connectivity index (χ0n) is 22.7. The van der Waals surface area contributed by atoms with Crippen LogP contribution < -0.4 is 15.8 Å². The van der Waals surface area contributed by atoms with E-state index < -0.39 is 22.0 Å². The third-order valence-corrected chi connectivity index (χ3v) is 10.0. The zero-order valence-corrected chi connectivity index (χ0v) is 25.1. The number of amides is 1. The first-order valence-corrected chi connectivity index (χ1v) is 15.4. The van der Waals surface area contributed by atoms with Crippen molar-refractivity contribution < 1.29 is 17.9 Å². The Morgan fingerprint density at radius 2 is 1.88 bits per heavy atom. The molecule has 1 aromatic heterocycles. The van der Waals surface area contributed by atoms with E-state index in [1.165, 1.54) is 16.4 Å². The van der Waals surface area contributed by atoms with Crippen molar-refractivity contribution in [1.82, 2.24) is 14.6 Å². The Morgan fingerprint density at radius 3 is 2.62 bits per heavy atom. The zero-order chi connectivity index (χ0) is 30.0. The lowest BCUT2D eigenvalue weighted by Gasteiger charge is -2.24. The third kappa shape index (κ3) is 6.07. The van der Waals surface area contributed by atoms with Crippen molar-refractivity contribution in [2.75, 3.05) is 6.54 Å². The number of carbonyl (C=O) groups is 1. The van der Waals surface area contributed by atoms with Crippen molar-refractivity contribution in [3.63, 3.8) is 0 Å². The van der Waals surface area contributed by atoms with Gasteiger partial charge in [-0.25, -0.2) is 13.4 Å². The predicted molar refractivity (Wildman–Crippen MR) is 163 cm³/mol. The van der Waals surface area contributed by atoms with Crippen LogP contribution in [-0.2, 0) is 28.0 Å². The molecule has 2 heterocycles. The van der Waals surface area contributed by atoms with Gasteiger partial charge >= 0.3 is 0 Å². The number of nitrogens with zero attached hydrogens (tertiary/aromatic N) is 2. The number of hydrogen-bond donors (Lipinski definition) is 3. The largest absolute Gasteiger partial charge is 0.487 e. The highest BCUT2D eigenvalue weighted by Gasteiger charge is 2.40. The smallest absolute Gasteiger partial charge is 0.245 e. The van der Waals surface area contributed by atoms with Crippen molar-refractivity contribution in [3.8, 4) is 5.75 Å². The number of hydrogen-bond acceptors (Lipinski definition) is 6. The number of carbonyl (C=O) groups excluding carboxylic acids is 1. The van der Waals surface area contributed by atoms with Crippen molar-refractivity contribution in [2.24, 2.45) is 5.73 Å². The maximum Gasteiger partial charge on any atom is 0.245 e. The second-order valence-electron chi connectivity index (χ2n) is 10.0. The molecule has 9 nitrogen and oxygen atoms in total. The standard InChI is InChI=1S/C30H29Cl2N5O4S/c1-18-7-10-20-4-2-6-25(28(20)36-18)41-17-22-23(31)13-14-26(27(22)32)42(39,40)37-15-3-5-24(37)30(38)35-16-19-8-11-21(12-9-19)29(33)34/h2,4,6-14,24H,3,5,15-17H2,1H3,(H3,33,34)(H,35,38)/t24-/m0/s1. The van der Waals surface area contributed by atoms with Gasteiger partial charge in [0.2, 0.25) is 15.9 Å². The molecule has 4 N–H and O–H groups in total. The van der Waals surface area contributed by atoms with E-state index >= 15 is 0 Å². The van der Waals surface area contributed by atoms with Crippen LogP contribution in [0.4, 0.5) is 0 Å². The monoisotopic (exact) mass is 625 g/mol. The number of pyridine rings is 1. The second-order valence-corrected chi connectivity index (χ2v) is 12.7. The number of nitrogen functional groups attached to an aromatic ring is 1. The van der Waals surface area contributed by atoms with Gasteiger partial charge in [-0.05, 0) is 49.6 Å². The Morgan fingerprint density at radius 1 is 1.12 bits per heavy atom. The number of halogens is 2. The number of ether oxygens (including phenoxy) is 1. The van der Waals surface area contributed by atoms with Crippen molar-refractivity contribution in [3.05, 3.63) is 99.2 Å². The van der Waals surface area contributed by atoms with Crippen LogP contribution in [0, 0.1) is 12.3 Å². The molecule has 1 saturated heterocycles. The Balaban J connectivity index is 1.34. The number of fused-ring (bicyclic) bond motifs is 1. The lowest BCUT2D eigenvalue weighted by atomic mass is 10.1. The Bertz CT molecular complexity index is 1780. The number of aromatic nitrogens is 1. The van der Waals surface area contributed by atoms with Gasteiger partial charge in [0.1, 0.15) is 34.6 Å². The highest BCUT2D eigenvalue weighted by Crippen LogP contribution is 2.36. The fourth-order valence-corrected chi connectivity index (χ4v) is 7.44. The number of benzene rings is 3. The van der Waals surface area contributed by atoms with Crippen LogP contribution in [0.2, 0.25) is 10.0 Å². The van der Waals surface area contributed by atoms with Crippen LogP contribution in [0.15, 0.2) is 71.6 Å². The lowest BCUT2D eigenvalue weighted by molar-refractivity contribution is -0.124. The summed E-state index contributed by atoms with van der Waals surface area (Å²) in [5.74, 6) is 0.0662. The van der Waals surface area contributed by atoms with E-state index in [0.717, 1.165) is 16.6 Å². The molecule has 0 bridgehead atoms. The maximum absolute atomic E-state index is 13.8. The van der Waals surface area contributed by atoms with E-state index in [1.54, 1.807) is 30.3 Å². The fraction of sp³-hybridized carbons (Fsp3) is 0.233. The van der Waals surface area contributed by atoms with Gasteiger partial charge in [-0.1, -0.05) is 65.7 Å². The molecule has 12 heteroatoms. The van der Waals surface area contributed by atoms with E-state index in [0.29, 0.717) is 35.2 Å².